The Labute approximate surface area is 94.1 Å². The van der Waals surface area contributed by atoms with Crippen LogP contribution in [-0.2, 0) is 4.74 Å². The highest BCUT2D eigenvalue weighted by Crippen LogP contribution is 2.23. The second-order valence-electron chi connectivity index (χ2n) is 3.81. The Morgan fingerprint density at radius 1 is 1.62 bits per heavy atom. The number of aromatic nitrogens is 2. The molecule has 1 aromatic rings. The van der Waals surface area contributed by atoms with Crippen molar-refractivity contribution < 1.29 is 9.84 Å². The molecular weight excluding hydrogens is 208 g/mol. The highest BCUT2D eigenvalue weighted by atomic mass is 16.5. The summed E-state index contributed by atoms with van der Waals surface area (Å²) < 4.78 is 5.32. The first-order chi connectivity index (χ1) is 7.74. The molecule has 6 heteroatoms. The van der Waals surface area contributed by atoms with Crippen LogP contribution in [0.4, 0.5) is 11.6 Å². The zero-order valence-corrected chi connectivity index (χ0v) is 9.26. The van der Waals surface area contributed by atoms with Crippen LogP contribution in [0.1, 0.15) is 5.56 Å². The van der Waals surface area contributed by atoms with Gasteiger partial charge >= 0.3 is 0 Å². The lowest BCUT2D eigenvalue weighted by Crippen LogP contribution is -2.48. The third-order valence-corrected chi connectivity index (χ3v) is 2.81. The first-order valence-electron chi connectivity index (χ1n) is 5.26. The summed E-state index contributed by atoms with van der Waals surface area (Å²) >= 11 is 0. The molecule has 1 aliphatic heterocycles. The van der Waals surface area contributed by atoms with E-state index in [0.29, 0.717) is 25.6 Å². The topological polar surface area (TPSA) is 84.5 Å². The Bertz CT molecular complexity index is 372. The summed E-state index contributed by atoms with van der Waals surface area (Å²) in [4.78, 5) is 10.2. The van der Waals surface area contributed by atoms with Gasteiger partial charge in [0.25, 0.3) is 0 Å². The molecule has 0 bridgehead atoms. The molecule has 2 rings (SSSR count). The van der Waals surface area contributed by atoms with Crippen molar-refractivity contribution in [2.24, 2.45) is 0 Å². The second kappa shape index (κ2) is 4.63. The van der Waals surface area contributed by atoms with E-state index < -0.39 is 0 Å². The van der Waals surface area contributed by atoms with E-state index in [0.717, 1.165) is 11.4 Å². The van der Waals surface area contributed by atoms with Gasteiger partial charge < -0.3 is 20.5 Å². The maximum Gasteiger partial charge on any atom is 0.137 e. The molecule has 0 spiro atoms. The second-order valence-corrected chi connectivity index (χ2v) is 3.81. The van der Waals surface area contributed by atoms with Crippen LogP contribution in [0.5, 0.6) is 0 Å². The van der Waals surface area contributed by atoms with E-state index >= 15 is 0 Å². The van der Waals surface area contributed by atoms with Crippen LogP contribution in [0, 0.1) is 6.92 Å². The number of aliphatic hydroxyl groups excluding tert-OH is 1. The molecule has 16 heavy (non-hydrogen) atoms. The lowest BCUT2D eigenvalue weighted by Gasteiger charge is -2.36. The maximum atomic E-state index is 9.29. The smallest absolute Gasteiger partial charge is 0.137 e. The monoisotopic (exact) mass is 224 g/mol. The quantitative estimate of drug-likeness (QED) is 0.708. The summed E-state index contributed by atoms with van der Waals surface area (Å²) in [5.41, 5.74) is 6.59. The van der Waals surface area contributed by atoms with Gasteiger partial charge in [-0.25, -0.2) is 9.97 Å². The van der Waals surface area contributed by atoms with Crippen LogP contribution in [-0.4, -0.2) is 47.5 Å². The number of hydrogen-bond donors (Lipinski definition) is 2. The van der Waals surface area contributed by atoms with Crippen LogP contribution in [0.15, 0.2) is 6.33 Å². The van der Waals surface area contributed by atoms with E-state index in [2.05, 4.69) is 9.97 Å². The van der Waals surface area contributed by atoms with Crippen LogP contribution in [0.25, 0.3) is 0 Å². The van der Waals surface area contributed by atoms with Crippen molar-refractivity contribution in [3.63, 3.8) is 0 Å². The molecule has 0 radical (unpaired) electrons. The molecule has 88 valence electrons. The molecule has 1 fully saturated rings. The van der Waals surface area contributed by atoms with E-state index in [1.807, 2.05) is 11.8 Å². The number of nitrogens with zero attached hydrogens (tertiary/aromatic N) is 3. The molecule has 0 amide bonds. The number of nitrogen functional groups attached to an aromatic ring is 1. The Morgan fingerprint density at radius 3 is 3.19 bits per heavy atom. The Kier molecular flexibility index (Phi) is 3.21. The fraction of sp³-hybridized carbons (Fsp3) is 0.600. The number of morpholine rings is 1. The molecule has 1 atom stereocenters. The number of ether oxygens (including phenoxy) is 1. The Hall–Kier alpha value is -1.40. The standard InChI is InChI=1S/C10H16N4O2/c1-7-9(11)12-6-13-10(7)14-2-3-16-5-8(14)4-15/h6,8,15H,2-5H2,1H3,(H2,11,12,13). The van der Waals surface area contributed by atoms with Crippen LogP contribution >= 0.6 is 0 Å². The summed E-state index contributed by atoms with van der Waals surface area (Å²) in [6, 6.07) is -0.0539. The predicted molar refractivity (Wildman–Crippen MR) is 60.2 cm³/mol. The van der Waals surface area contributed by atoms with Gasteiger partial charge in [-0.05, 0) is 6.92 Å². The molecular formula is C10H16N4O2. The zero-order valence-electron chi connectivity index (χ0n) is 9.26. The van der Waals surface area contributed by atoms with Gasteiger partial charge in [0.05, 0.1) is 25.9 Å². The van der Waals surface area contributed by atoms with Crippen LogP contribution in [0.3, 0.4) is 0 Å². The van der Waals surface area contributed by atoms with Crippen molar-refractivity contribution in [3.8, 4) is 0 Å². The minimum Gasteiger partial charge on any atom is -0.394 e. The van der Waals surface area contributed by atoms with Gasteiger partial charge in [-0.1, -0.05) is 0 Å². The van der Waals surface area contributed by atoms with E-state index in [1.165, 1.54) is 6.33 Å². The molecule has 1 saturated heterocycles. The number of aliphatic hydroxyl groups is 1. The fourth-order valence-corrected chi connectivity index (χ4v) is 1.83. The molecule has 2 heterocycles. The molecule has 1 aliphatic rings. The molecule has 3 N–H and O–H groups in total. The third-order valence-electron chi connectivity index (χ3n) is 2.81. The Morgan fingerprint density at radius 2 is 2.44 bits per heavy atom. The summed E-state index contributed by atoms with van der Waals surface area (Å²) in [6.45, 7) is 3.79. The average Bonchev–Trinajstić information content (AvgIpc) is 2.33. The molecule has 6 nitrogen and oxygen atoms in total. The summed E-state index contributed by atoms with van der Waals surface area (Å²) in [5, 5.41) is 9.29. The van der Waals surface area contributed by atoms with Gasteiger partial charge in [0.1, 0.15) is 18.0 Å². The predicted octanol–water partition coefficient (Wildman–Crippen LogP) is -0.435. The zero-order chi connectivity index (χ0) is 11.5. The minimum absolute atomic E-state index is 0.0450. The molecule has 0 saturated carbocycles. The summed E-state index contributed by atoms with van der Waals surface area (Å²) in [5.74, 6) is 1.27. The number of hydrogen-bond acceptors (Lipinski definition) is 6. The lowest BCUT2D eigenvalue weighted by atomic mass is 10.2. The fourth-order valence-electron chi connectivity index (χ4n) is 1.83. The summed E-state index contributed by atoms with van der Waals surface area (Å²) in [6.07, 6.45) is 1.45. The van der Waals surface area contributed by atoms with Gasteiger partial charge in [-0.3, -0.25) is 0 Å². The van der Waals surface area contributed by atoms with Gasteiger partial charge in [-0.2, -0.15) is 0 Å². The highest BCUT2D eigenvalue weighted by Gasteiger charge is 2.25. The van der Waals surface area contributed by atoms with Gasteiger partial charge in [0.15, 0.2) is 0 Å². The average molecular weight is 224 g/mol. The number of rotatable bonds is 2. The van der Waals surface area contributed by atoms with Crippen molar-refractivity contribution in [3.05, 3.63) is 11.9 Å². The molecule has 0 aliphatic carbocycles. The van der Waals surface area contributed by atoms with E-state index in [4.69, 9.17) is 10.5 Å². The van der Waals surface area contributed by atoms with Crippen molar-refractivity contribution in [2.45, 2.75) is 13.0 Å². The number of anilines is 2. The van der Waals surface area contributed by atoms with Crippen molar-refractivity contribution in [1.29, 1.82) is 0 Å². The number of nitrogens with two attached hydrogens (primary N) is 1. The van der Waals surface area contributed by atoms with Gasteiger partial charge in [0.2, 0.25) is 0 Å². The van der Waals surface area contributed by atoms with Crippen LogP contribution < -0.4 is 10.6 Å². The van der Waals surface area contributed by atoms with Crippen LogP contribution in [0.2, 0.25) is 0 Å². The lowest BCUT2D eigenvalue weighted by molar-refractivity contribution is 0.0722. The molecule has 1 unspecified atom stereocenters. The first kappa shape index (κ1) is 11.1. The normalized spacial score (nSPS) is 21.1. The van der Waals surface area contributed by atoms with Crippen molar-refractivity contribution >= 4 is 11.6 Å². The third kappa shape index (κ3) is 1.94. The highest BCUT2D eigenvalue weighted by molar-refractivity contribution is 5.56. The SMILES string of the molecule is Cc1c(N)ncnc1N1CCOCC1CO. The van der Waals surface area contributed by atoms with Gasteiger partial charge in [0, 0.05) is 12.1 Å². The van der Waals surface area contributed by atoms with Crippen molar-refractivity contribution in [1.82, 2.24) is 9.97 Å². The minimum atomic E-state index is -0.0539. The first-order valence-corrected chi connectivity index (χ1v) is 5.26. The maximum absolute atomic E-state index is 9.29. The van der Waals surface area contributed by atoms with E-state index in [1.54, 1.807) is 0 Å². The Balaban J connectivity index is 2.30. The summed E-state index contributed by atoms with van der Waals surface area (Å²) in [7, 11) is 0. The molecule has 0 aromatic carbocycles. The largest absolute Gasteiger partial charge is 0.394 e. The van der Waals surface area contributed by atoms with E-state index in [9.17, 15) is 5.11 Å². The molecule has 1 aromatic heterocycles. The van der Waals surface area contributed by atoms with Crippen molar-refractivity contribution in [2.75, 3.05) is 37.0 Å². The van der Waals surface area contributed by atoms with E-state index in [-0.39, 0.29) is 12.6 Å². The van der Waals surface area contributed by atoms with Gasteiger partial charge in [-0.15, -0.1) is 0 Å².